The van der Waals surface area contributed by atoms with Crippen LogP contribution in [0.5, 0.6) is 0 Å². The van der Waals surface area contributed by atoms with E-state index in [4.69, 9.17) is 5.73 Å². The monoisotopic (exact) mass is 245 g/mol. The highest BCUT2D eigenvalue weighted by molar-refractivity contribution is 5.95. The van der Waals surface area contributed by atoms with Gasteiger partial charge in [-0.1, -0.05) is 0 Å². The van der Waals surface area contributed by atoms with Crippen LogP contribution in [0.3, 0.4) is 0 Å². The van der Waals surface area contributed by atoms with Crippen molar-refractivity contribution in [2.75, 3.05) is 13.1 Å². The van der Waals surface area contributed by atoms with E-state index in [1.807, 2.05) is 4.90 Å². The molecule has 0 radical (unpaired) electrons. The second-order valence-corrected chi connectivity index (χ2v) is 4.67. The summed E-state index contributed by atoms with van der Waals surface area (Å²) in [5.74, 6) is 0.0238. The van der Waals surface area contributed by atoms with Crippen molar-refractivity contribution in [3.63, 3.8) is 0 Å². The highest BCUT2D eigenvalue weighted by Gasteiger charge is 2.22. The van der Waals surface area contributed by atoms with Crippen molar-refractivity contribution < 1.29 is 4.79 Å². The number of hydrogen-bond donors (Lipinski definition) is 1. The van der Waals surface area contributed by atoms with Crippen LogP contribution in [0.4, 0.5) is 0 Å². The second-order valence-electron chi connectivity index (χ2n) is 4.67. The third-order valence-corrected chi connectivity index (χ3v) is 3.29. The smallest absolute Gasteiger partial charge is 0.254 e. The minimum absolute atomic E-state index is 0.0238. The summed E-state index contributed by atoms with van der Waals surface area (Å²) in [6, 6.07) is 3.65. The van der Waals surface area contributed by atoms with Gasteiger partial charge in [-0.3, -0.25) is 9.20 Å². The summed E-state index contributed by atoms with van der Waals surface area (Å²) >= 11 is 0. The lowest BCUT2D eigenvalue weighted by Crippen LogP contribution is -2.45. The van der Waals surface area contributed by atoms with Gasteiger partial charge in [0.2, 0.25) is 0 Å². The largest absolute Gasteiger partial charge is 0.337 e. The van der Waals surface area contributed by atoms with E-state index in [2.05, 4.69) is 10.2 Å². The predicted molar refractivity (Wildman–Crippen MR) is 66.1 cm³/mol. The molecular weight excluding hydrogens is 230 g/mol. The first kappa shape index (κ1) is 11.2. The van der Waals surface area contributed by atoms with Crippen molar-refractivity contribution in [3.05, 3.63) is 30.2 Å². The Labute approximate surface area is 104 Å². The molecule has 2 N–H and O–H groups in total. The van der Waals surface area contributed by atoms with Gasteiger partial charge >= 0.3 is 0 Å². The number of hydrogen-bond acceptors (Lipinski definition) is 4. The van der Waals surface area contributed by atoms with Crippen LogP contribution in [-0.4, -0.2) is 44.5 Å². The van der Waals surface area contributed by atoms with Crippen LogP contribution < -0.4 is 5.73 Å². The molecule has 1 aliphatic heterocycles. The first-order valence-corrected chi connectivity index (χ1v) is 6.08. The molecule has 0 spiro atoms. The molecule has 1 unspecified atom stereocenters. The molecule has 0 bridgehead atoms. The van der Waals surface area contributed by atoms with Crippen LogP contribution in [0.1, 0.15) is 23.2 Å². The van der Waals surface area contributed by atoms with Gasteiger partial charge in [0.15, 0.2) is 5.65 Å². The van der Waals surface area contributed by atoms with E-state index in [0.717, 1.165) is 19.4 Å². The van der Waals surface area contributed by atoms with E-state index < -0.39 is 0 Å². The SMILES string of the molecule is NC1CCCN(C(=O)c2ccn3cnnc3c2)C1. The zero-order valence-corrected chi connectivity index (χ0v) is 9.99. The fourth-order valence-electron chi connectivity index (χ4n) is 2.33. The van der Waals surface area contributed by atoms with E-state index >= 15 is 0 Å². The Morgan fingerprint density at radius 1 is 1.50 bits per heavy atom. The van der Waals surface area contributed by atoms with Gasteiger partial charge in [-0.25, -0.2) is 0 Å². The van der Waals surface area contributed by atoms with Gasteiger partial charge in [-0.15, -0.1) is 10.2 Å². The molecule has 0 aromatic carbocycles. The number of nitrogens with two attached hydrogens (primary N) is 1. The van der Waals surface area contributed by atoms with Gasteiger partial charge in [-0.2, -0.15) is 0 Å². The van der Waals surface area contributed by atoms with Gasteiger partial charge in [0.1, 0.15) is 6.33 Å². The molecule has 94 valence electrons. The molecule has 1 atom stereocenters. The molecule has 2 aromatic heterocycles. The summed E-state index contributed by atoms with van der Waals surface area (Å²) in [6.45, 7) is 1.42. The standard InChI is InChI=1S/C12H15N5O/c13-10-2-1-4-16(7-10)12(18)9-3-5-17-8-14-15-11(17)6-9/h3,5-6,8,10H,1-2,4,7,13H2. The Bertz CT molecular complexity index is 579. The molecule has 3 rings (SSSR count). The maximum absolute atomic E-state index is 12.3. The lowest BCUT2D eigenvalue weighted by Gasteiger charge is -2.30. The van der Waals surface area contributed by atoms with Crippen molar-refractivity contribution >= 4 is 11.6 Å². The molecule has 1 amide bonds. The maximum Gasteiger partial charge on any atom is 0.254 e. The van der Waals surface area contributed by atoms with E-state index in [1.54, 1.807) is 29.1 Å². The number of fused-ring (bicyclic) bond motifs is 1. The van der Waals surface area contributed by atoms with E-state index in [-0.39, 0.29) is 11.9 Å². The van der Waals surface area contributed by atoms with E-state index in [0.29, 0.717) is 17.8 Å². The van der Waals surface area contributed by atoms with Gasteiger partial charge in [-0.05, 0) is 25.0 Å². The summed E-state index contributed by atoms with van der Waals surface area (Å²) in [6.07, 6.45) is 5.37. The molecular formula is C12H15N5O. The summed E-state index contributed by atoms with van der Waals surface area (Å²) in [7, 11) is 0. The number of amides is 1. The average Bonchev–Trinajstić information content (AvgIpc) is 2.85. The van der Waals surface area contributed by atoms with Gasteiger partial charge < -0.3 is 10.6 Å². The topological polar surface area (TPSA) is 76.5 Å². The fourth-order valence-corrected chi connectivity index (χ4v) is 2.33. The number of piperidine rings is 1. The van der Waals surface area contributed by atoms with Gasteiger partial charge in [0.05, 0.1) is 0 Å². The van der Waals surface area contributed by atoms with Crippen molar-refractivity contribution in [2.45, 2.75) is 18.9 Å². The molecule has 1 fully saturated rings. The summed E-state index contributed by atoms with van der Waals surface area (Å²) in [5, 5.41) is 7.73. The number of carbonyl (C=O) groups excluding carboxylic acids is 1. The molecule has 6 heteroatoms. The lowest BCUT2D eigenvalue weighted by molar-refractivity contribution is 0.0709. The molecule has 0 saturated carbocycles. The zero-order chi connectivity index (χ0) is 12.5. The summed E-state index contributed by atoms with van der Waals surface area (Å²) < 4.78 is 1.78. The number of aromatic nitrogens is 3. The third kappa shape index (κ3) is 1.95. The summed E-state index contributed by atoms with van der Waals surface area (Å²) in [5.41, 5.74) is 7.22. The van der Waals surface area contributed by atoms with E-state index in [9.17, 15) is 4.79 Å². The van der Waals surface area contributed by atoms with Crippen molar-refractivity contribution in [1.29, 1.82) is 0 Å². The molecule has 3 heterocycles. The number of rotatable bonds is 1. The molecule has 1 saturated heterocycles. The van der Waals surface area contributed by atoms with Crippen LogP contribution in [0, 0.1) is 0 Å². The van der Waals surface area contributed by atoms with Crippen LogP contribution in [0.15, 0.2) is 24.7 Å². The molecule has 0 aliphatic carbocycles. The van der Waals surface area contributed by atoms with Crippen LogP contribution in [0.2, 0.25) is 0 Å². The molecule has 1 aliphatic rings. The minimum atomic E-state index is 0.0238. The van der Waals surface area contributed by atoms with Gasteiger partial charge in [0, 0.05) is 30.9 Å². The lowest BCUT2D eigenvalue weighted by atomic mass is 10.1. The van der Waals surface area contributed by atoms with Crippen molar-refractivity contribution in [3.8, 4) is 0 Å². The van der Waals surface area contributed by atoms with Crippen molar-refractivity contribution in [1.82, 2.24) is 19.5 Å². The minimum Gasteiger partial charge on any atom is -0.337 e. The number of carbonyl (C=O) groups is 1. The van der Waals surface area contributed by atoms with E-state index in [1.165, 1.54) is 0 Å². The van der Waals surface area contributed by atoms with Crippen molar-refractivity contribution in [2.24, 2.45) is 5.73 Å². The quantitative estimate of drug-likeness (QED) is 0.783. The zero-order valence-electron chi connectivity index (χ0n) is 9.99. The Hall–Kier alpha value is -1.95. The molecule has 6 nitrogen and oxygen atoms in total. The third-order valence-electron chi connectivity index (χ3n) is 3.29. The first-order chi connectivity index (χ1) is 8.74. The van der Waals surface area contributed by atoms with Crippen LogP contribution in [-0.2, 0) is 0 Å². The average molecular weight is 245 g/mol. The normalized spacial score (nSPS) is 20.3. The van der Waals surface area contributed by atoms with Gasteiger partial charge in [0.25, 0.3) is 5.91 Å². The second kappa shape index (κ2) is 4.38. The number of pyridine rings is 1. The summed E-state index contributed by atoms with van der Waals surface area (Å²) in [4.78, 5) is 14.1. The molecule has 2 aromatic rings. The Morgan fingerprint density at radius 3 is 3.22 bits per heavy atom. The van der Waals surface area contributed by atoms with Crippen LogP contribution in [0.25, 0.3) is 5.65 Å². The highest BCUT2D eigenvalue weighted by Crippen LogP contribution is 2.13. The highest BCUT2D eigenvalue weighted by atomic mass is 16.2. The Kier molecular flexibility index (Phi) is 2.71. The van der Waals surface area contributed by atoms with Crippen LogP contribution >= 0.6 is 0 Å². The Balaban J connectivity index is 1.86. The maximum atomic E-state index is 12.3. The first-order valence-electron chi connectivity index (χ1n) is 6.08. The number of nitrogens with zero attached hydrogens (tertiary/aromatic N) is 4. The predicted octanol–water partition coefficient (Wildman–Crippen LogP) is 0.293. The number of likely N-dealkylation sites (tertiary alicyclic amines) is 1. The molecule has 18 heavy (non-hydrogen) atoms. The Morgan fingerprint density at radius 2 is 2.39 bits per heavy atom. The fraction of sp³-hybridized carbons (Fsp3) is 0.417.